The molecule has 178 valence electrons. The Balaban J connectivity index is 1.20. The topological polar surface area (TPSA) is 52.1 Å². The lowest BCUT2D eigenvalue weighted by atomic mass is 9.97. The summed E-state index contributed by atoms with van der Waals surface area (Å²) in [5.41, 5.74) is 4.03. The zero-order valence-electron chi connectivity index (χ0n) is 20.2. The number of benzene rings is 2. The maximum atomic E-state index is 5.44. The van der Waals surface area contributed by atoms with Gasteiger partial charge in [0.1, 0.15) is 0 Å². The molecule has 0 saturated carbocycles. The molecule has 0 bridgehead atoms. The number of nitrogens with one attached hydrogen (secondary N) is 2. The van der Waals surface area contributed by atoms with Crippen LogP contribution < -0.4 is 10.6 Å². The minimum absolute atomic E-state index is 0.453. The summed E-state index contributed by atoms with van der Waals surface area (Å²) >= 11 is 0. The van der Waals surface area contributed by atoms with Crippen LogP contribution in [-0.4, -0.2) is 67.7 Å². The summed E-state index contributed by atoms with van der Waals surface area (Å²) in [6.07, 6.45) is 2.26. The largest absolute Gasteiger partial charge is 0.379 e. The Morgan fingerprint density at radius 2 is 1.64 bits per heavy atom. The van der Waals surface area contributed by atoms with Crippen molar-refractivity contribution in [3.05, 3.63) is 71.3 Å². The van der Waals surface area contributed by atoms with Gasteiger partial charge in [-0.3, -0.25) is 14.8 Å². The fourth-order valence-electron chi connectivity index (χ4n) is 4.76. The van der Waals surface area contributed by atoms with Gasteiger partial charge in [0.05, 0.1) is 13.2 Å². The van der Waals surface area contributed by atoms with Crippen LogP contribution in [-0.2, 0) is 24.4 Å². The number of guanidine groups is 1. The highest BCUT2D eigenvalue weighted by atomic mass is 16.5. The fourth-order valence-corrected chi connectivity index (χ4v) is 4.76. The number of ether oxygens (including phenoxy) is 1. The zero-order chi connectivity index (χ0) is 22.9. The molecule has 0 aliphatic carbocycles. The molecule has 2 aliphatic rings. The van der Waals surface area contributed by atoms with Gasteiger partial charge in [0, 0.05) is 58.4 Å². The average molecular weight is 450 g/mol. The van der Waals surface area contributed by atoms with E-state index in [4.69, 9.17) is 4.74 Å². The van der Waals surface area contributed by atoms with Crippen LogP contribution >= 0.6 is 0 Å². The molecule has 2 heterocycles. The zero-order valence-corrected chi connectivity index (χ0v) is 20.2. The minimum Gasteiger partial charge on any atom is -0.379 e. The van der Waals surface area contributed by atoms with Crippen LogP contribution in [0.2, 0.25) is 0 Å². The molecule has 2 saturated heterocycles. The third-order valence-corrected chi connectivity index (χ3v) is 6.80. The van der Waals surface area contributed by atoms with E-state index in [9.17, 15) is 0 Å². The smallest absolute Gasteiger partial charge is 0.191 e. The number of aliphatic imine (C=N–C) groups is 1. The van der Waals surface area contributed by atoms with Gasteiger partial charge in [0.2, 0.25) is 0 Å². The lowest BCUT2D eigenvalue weighted by molar-refractivity contribution is 0.0342. The molecule has 2 atom stereocenters. The molecule has 2 aromatic rings. The van der Waals surface area contributed by atoms with Crippen molar-refractivity contribution < 1.29 is 4.74 Å². The molecule has 6 nitrogen and oxygen atoms in total. The van der Waals surface area contributed by atoms with Gasteiger partial charge in [0.25, 0.3) is 0 Å². The maximum absolute atomic E-state index is 5.44. The molecule has 33 heavy (non-hydrogen) atoms. The first kappa shape index (κ1) is 23.7. The predicted octanol–water partition coefficient (Wildman–Crippen LogP) is 3.24. The van der Waals surface area contributed by atoms with Crippen molar-refractivity contribution in [3.63, 3.8) is 0 Å². The number of hydrogen-bond donors (Lipinski definition) is 2. The Bertz CT molecular complexity index is 864. The van der Waals surface area contributed by atoms with Crippen molar-refractivity contribution in [2.45, 2.75) is 51.5 Å². The van der Waals surface area contributed by atoms with Crippen molar-refractivity contribution >= 4 is 5.96 Å². The molecule has 0 radical (unpaired) electrons. The van der Waals surface area contributed by atoms with E-state index in [2.05, 4.69) is 86.9 Å². The molecule has 2 aromatic carbocycles. The van der Waals surface area contributed by atoms with Gasteiger partial charge in [-0.15, -0.1) is 0 Å². The maximum Gasteiger partial charge on any atom is 0.191 e. The molecular formula is C27H39N5O. The van der Waals surface area contributed by atoms with E-state index in [1.165, 1.54) is 16.7 Å². The second-order valence-corrected chi connectivity index (χ2v) is 9.30. The summed E-state index contributed by atoms with van der Waals surface area (Å²) in [7, 11) is 1.86. The second-order valence-electron chi connectivity index (χ2n) is 9.30. The van der Waals surface area contributed by atoms with Crippen LogP contribution in [0, 0.1) is 0 Å². The highest BCUT2D eigenvalue weighted by Crippen LogP contribution is 2.20. The molecule has 2 unspecified atom stereocenters. The Morgan fingerprint density at radius 3 is 2.33 bits per heavy atom. The summed E-state index contributed by atoms with van der Waals surface area (Å²) in [4.78, 5) is 9.50. The summed E-state index contributed by atoms with van der Waals surface area (Å²) in [5, 5.41) is 7.15. The first-order valence-electron chi connectivity index (χ1n) is 12.3. The SMILES string of the molecule is CN=C(NCc1ccc(CN2CCOCC2)cc1)NC1CCN(Cc2ccccc2)C(C)C1. The molecule has 0 amide bonds. The lowest BCUT2D eigenvalue weighted by Crippen LogP contribution is -2.51. The fraction of sp³-hybridized carbons (Fsp3) is 0.519. The van der Waals surface area contributed by atoms with E-state index in [0.717, 1.165) is 71.3 Å². The molecule has 4 rings (SSSR count). The van der Waals surface area contributed by atoms with Crippen LogP contribution in [0.4, 0.5) is 0 Å². The minimum atomic E-state index is 0.453. The summed E-state index contributed by atoms with van der Waals surface area (Å²) < 4.78 is 5.44. The third-order valence-electron chi connectivity index (χ3n) is 6.80. The highest BCUT2D eigenvalue weighted by Gasteiger charge is 2.26. The van der Waals surface area contributed by atoms with E-state index in [-0.39, 0.29) is 0 Å². The van der Waals surface area contributed by atoms with Crippen LogP contribution in [0.3, 0.4) is 0 Å². The Morgan fingerprint density at radius 1 is 0.939 bits per heavy atom. The predicted molar refractivity (Wildman–Crippen MR) is 135 cm³/mol. The number of rotatable bonds is 7. The van der Waals surface area contributed by atoms with E-state index >= 15 is 0 Å². The van der Waals surface area contributed by atoms with Crippen LogP contribution in [0.25, 0.3) is 0 Å². The van der Waals surface area contributed by atoms with Crippen molar-refractivity contribution in [2.24, 2.45) is 4.99 Å². The Hall–Kier alpha value is -2.41. The quantitative estimate of drug-likeness (QED) is 0.502. The van der Waals surface area contributed by atoms with E-state index < -0.39 is 0 Å². The molecular weight excluding hydrogens is 410 g/mol. The number of likely N-dealkylation sites (tertiary alicyclic amines) is 1. The van der Waals surface area contributed by atoms with Gasteiger partial charge < -0.3 is 15.4 Å². The molecule has 2 fully saturated rings. The van der Waals surface area contributed by atoms with E-state index in [1.807, 2.05) is 7.05 Å². The van der Waals surface area contributed by atoms with Crippen molar-refractivity contribution in [3.8, 4) is 0 Å². The average Bonchev–Trinajstić information content (AvgIpc) is 2.85. The molecule has 0 spiro atoms. The molecule has 0 aromatic heterocycles. The van der Waals surface area contributed by atoms with Crippen molar-refractivity contribution in [1.82, 2.24) is 20.4 Å². The van der Waals surface area contributed by atoms with E-state index in [0.29, 0.717) is 12.1 Å². The van der Waals surface area contributed by atoms with Gasteiger partial charge in [-0.1, -0.05) is 54.6 Å². The van der Waals surface area contributed by atoms with Crippen LogP contribution in [0.15, 0.2) is 59.6 Å². The first-order chi connectivity index (χ1) is 16.2. The first-order valence-corrected chi connectivity index (χ1v) is 12.3. The molecule has 6 heteroatoms. The van der Waals surface area contributed by atoms with Gasteiger partial charge in [-0.25, -0.2) is 0 Å². The second kappa shape index (κ2) is 12.2. The number of piperidine rings is 1. The van der Waals surface area contributed by atoms with Gasteiger partial charge >= 0.3 is 0 Å². The number of morpholine rings is 1. The number of nitrogens with zero attached hydrogens (tertiary/aromatic N) is 3. The summed E-state index contributed by atoms with van der Waals surface area (Å²) in [6, 6.07) is 20.7. The Labute approximate surface area is 199 Å². The van der Waals surface area contributed by atoms with Gasteiger partial charge in [-0.05, 0) is 36.5 Å². The number of hydrogen-bond acceptors (Lipinski definition) is 4. The molecule has 2 aliphatic heterocycles. The molecule has 2 N–H and O–H groups in total. The van der Waals surface area contributed by atoms with Gasteiger partial charge in [0.15, 0.2) is 5.96 Å². The summed E-state index contributed by atoms with van der Waals surface area (Å²) in [5.74, 6) is 0.890. The van der Waals surface area contributed by atoms with Crippen LogP contribution in [0.1, 0.15) is 36.5 Å². The Kier molecular flexibility index (Phi) is 8.75. The van der Waals surface area contributed by atoms with Crippen molar-refractivity contribution in [1.29, 1.82) is 0 Å². The lowest BCUT2D eigenvalue weighted by Gasteiger charge is -2.38. The monoisotopic (exact) mass is 449 g/mol. The standard InChI is InChI=1S/C27H39N5O/c1-22-18-26(12-13-32(22)21-24-6-4-3-5-7-24)30-27(28-2)29-19-23-8-10-25(11-9-23)20-31-14-16-33-17-15-31/h3-11,22,26H,12-21H2,1-2H3,(H2,28,29,30). The summed E-state index contributed by atoms with van der Waals surface area (Å²) in [6.45, 7) is 9.99. The van der Waals surface area contributed by atoms with Gasteiger partial charge in [-0.2, -0.15) is 0 Å². The van der Waals surface area contributed by atoms with E-state index in [1.54, 1.807) is 0 Å². The highest BCUT2D eigenvalue weighted by molar-refractivity contribution is 5.79. The van der Waals surface area contributed by atoms with Crippen LogP contribution in [0.5, 0.6) is 0 Å². The van der Waals surface area contributed by atoms with Crippen molar-refractivity contribution in [2.75, 3.05) is 39.9 Å². The third kappa shape index (κ3) is 7.29. The normalized spacial score (nSPS) is 22.8.